The summed E-state index contributed by atoms with van der Waals surface area (Å²) in [5.74, 6) is -3.35. The van der Waals surface area contributed by atoms with E-state index < -0.39 is 59.6 Å². The fourth-order valence-electron chi connectivity index (χ4n) is 10.9. The fraction of sp³-hybridized carbons (Fsp3) is 0.613. The van der Waals surface area contributed by atoms with Gasteiger partial charge in [0.1, 0.15) is 24.7 Å². The molecule has 9 amide bonds. The summed E-state index contributed by atoms with van der Waals surface area (Å²) >= 11 is 1.88. The van der Waals surface area contributed by atoms with Crippen molar-refractivity contribution in [1.82, 2.24) is 53.4 Å². The minimum absolute atomic E-state index is 0.0174. The zero-order valence-electron chi connectivity index (χ0n) is 50.0. The lowest BCUT2D eigenvalue weighted by molar-refractivity contribution is -0.134. The Morgan fingerprint density at radius 2 is 1.29 bits per heavy atom. The van der Waals surface area contributed by atoms with Crippen LogP contribution in [-0.2, 0) is 59.0 Å². The number of thioether (sulfide) groups is 1. The van der Waals surface area contributed by atoms with Crippen LogP contribution in [0.5, 0.6) is 0 Å². The van der Waals surface area contributed by atoms with Crippen molar-refractivity contribution in [1.29, 1.82) is 0 Å². The number of unbranched alkanes of at least 4 members (excludes halogenated alkanes) is 1. The van der Waals surface area contributed by atoms with Gasteiger partial charge in [0.05, 0.1) is 44.6 Å². The number of fused-ring (bicyclic) bond motifs is 1. The third-order valence-electron chi connectivity index (χ3n) is 15.7. The standard InChI is InChI=1S/C62H91N11O13S/c63-53(75)26-25-47-60(81)70-49(38-42-14-3-1-4-15-42)61(82)69-48(39-43-21-23-45(24-22-43)58(79)44-16-5-2-6-17-44)59(80)66-30-12-11-29-64-46(18-9-10-32-67-73-56(78)28-27-55(77)68-47)51(74)40-86-37-36-85-35-34-84-33-13-31-65-54(76)20-8-7-19-52-57-50(41-87-52)71-62(83)72-57/h2,5-6,16-17,21-24,27-28,42,46-50,52,57,64,67H,1,3-4,7-15,18-20,25-26,29-41H2,(H2,63,75)(H,65,76)(H,66,80)(H,68,77)(H,69,82)(H,70,81)(H,73,78)(H2,71,72,83)/b28-27-/t46?,47-,48+,49-,50-,52-,57-/m0/s1. The van der Waals surface area contributed by atoms with E-state index in [2.05, 4.69) is 53.4 Å². The van der Waals surface area contributed by atoms with E-state index in [1.54, 1.807) is 48.5 Å². The Labute approximate surface area is 514 Å². The number of hydrogen-bond acceptors (Lipinski definition) is 16. The highest BCUT2D eigenvalue weighted by Crippen LogP contribution is 2.33. The van der Waals surface area contributed by atoms with E-state index in [1.807, 2.05) is 17.8 Å². The van der Waals surface area contributed by atoms with Crippen molar-refractivity contribution in [3.63, 3.8) is 0 Å². The molecule has 6 rings (SSSR count). The van der Waals surface area contributed by atoms with Crippen molar-refractivity contribution in [3.05, 3.63) is 83.4 Å². The van der Waals surface area contributed by atoms with Gasteiger partial charge in [0.15, 0.2) is 11.6 Å². The third-order valence-corrected chi connectivity index (χ3v) is 17.3. The van der Waals surface area contributed by atoms with Gasteiger partial charge in [0.2, 0.25) is 35.4 Å². The number of rotatable bonds is 27. The molecule has 12 N–H and O–H groups in total. The highest BCUT2D eigenvalue weighted by molar-refractivity contribution is 8.00. The van der Waals surface area contributed by atoms with Crippen molar-refractivity contribution in [3.8, 4) is 0 Å². The maximum Gasteiger partial charge on any atom is 0.315 e. The van der Waals surface area contributed by atoms with Crippen molar-refractivity contribution in [2.75, 3.05) is 71.6 Å². The Kier molecular flexibility index (Phi) is 31.2. The zero-order valence-corrected chi connectivity index (χ0v) is 50.8. The number of nitrogens with one attached hydrogen (secondary N) is 10. The summed E-state index contributed by atoms with van der Waals surface area (Å²) in [5.41, 5.74) is 12.4. The number of benzene rings is 2. The largest absolute Gasteiger partial charge is 0.379 e. The number of hydrazine groups is 1. The summed E-state index contributed by atoms with van der Waals surface area (Å²) in [6.07, 6.45) is 12.9. The summed E-state index contributed by atoms with van der Waals surface area (Å²) in [6.45, 7) is 2.98. The average Bonchev–Trinajstić information content (AvgIpc) is 4.34. The Hall–Kier alpha value is -6.77. The Bertz CT molecular complexity index is 2570. The quantitative estimate of drug-likeness (QED) is 0.0347. The lowest BCUT2D eigenvalue weighted by atomic mass is 9.84. The monoisotopic (exact) mass is 1230 g/mol. The maximum absolute atomic E-state index is 14.5. The number of hydrogen-bond donors (Lipinski definition) is 11. The number of ketones is 2. The molecule has 2 aromatic carbocycles. The zero-order chi connectivity index (χ0) is 62.0. The number of nitrogens with two attached hydrogens (primary N) is 1. The first kappa shape index (κ1) is 69.3. The third kappa shape index (κ3) is 26.2. The molecular formula is C62H91N11O13S. The van der Waals surface area contributed by atoms with E-state index >= 15 is 0 Å². The number of carbonyl (C=O) groups excluding carboxylic acids is 10. The lowest BCUT2D eigenvalue weighted by Crippen LogP contribution is -2.57. The molecule has 0 spiro atoms. The molecule has 7 atom stereocenters. The van der Waals surface area contributed by atoms with E-state index in [9.17, 15) is 47.9 Å². The van der Waals surface area contributed by atoms with Crippen LogP contribution in [0.15, 0.2) is 66.7 Å². The molecule has 4 aliphatic rings. The van der Waals surface area contributed by atoms with E-state index in [1.165, 1.54) is 0 Å². The minimum atomic E-state index is -1.32. The smallest absolute Gasteiger partial charge is 0.315 e. The molecule has 478 valence electrons. The second-order valence-corrected chi connectivity index (χ2v) is 23.9. The van der Waals surface area contributed by atoms with E-state index in [0.717, 1.165) is 69.3 Å². The van der Waals surface area contributed by atoms with E-state index in [4.69, 9.17) is 19.9 Å². The van der Waals surface area contributed by atoms with Crippen molar-refractivity contribution >= 4 is 70.7 Å². The molecule has 24 nitrogen and oxygen atoms in total. The molecule has 2 saturated heterocycles. The molecule has 2 aromatic rings. The molecule has 25 heteroatoms. The van der Waals surface area contributed by atoms with Gasteiger partial charge in [-0.3, -0.25) is 48.6 Å². The molecular weight excluding hydrogens is 1140 g/mol. The van der Waals surface area contributed by atoms with Crippen LogP contribution < -0.4 is 59.1 Å². The van der Waals surface area contributed by atoms with Gasteiger partial charge >= 0.3 is 6.03 Å². The first-order valence-corrected chi connectivity index (χ1v) is 32.1. The number of ether oxygens (including phenoxy) is 3. The molecule has 1 saturated carbocycles. The summed E-state index contributed by atoms with van der Waals surface area (Å²) in [6, 6.07) is 11.8. The van der Waals surface area contributed by atoms with E-state index in [-0.39, 0.29) is 93.6 Å². The van der Waals surface area contributed by atoms with Gasteiger partial charge in [0.25, 0.3) is 5.91 Å². The number of primary amides is 1. The number of urea groups is 1. The van der Waals surface area contributed by atoms with Crippen LogP contribution in [-0.4, -0.2) is 172 Å². The first-order chi connectivity index (χ1) is 42.2. The van der Waals surface area contributed by atoms with Gasteiger partial charge in [-0.05, 0) is 75.8 Å². The van der Waals surface area contributed by atoms with Crippen LogP contribution in [0.3, 0.4) is 0 Å². The van der Waals surface area contributed by atoms with Gasteiger partial charge in [0, 0.05) is 79.8 Å². The molecule has 0 radical (unpaired) electrons. The Morgan fingerprint density at radius 3 is 2.06 bits per heavy atom. The topological polar surface area (TPSA) is 345 Å². The van der Waals surface area contributed by atoms with Crippen molar-refractivity contribution in [2.24, 2.45) is 11.7 Å². The molecule has 0 bridgehead atoms. The molecule has 87 heavy (non-hydrogen) atoms. The van der Waals surface area contributed by atoms with Crippen LogP contribution in [0, 0.1) is 5.92 Å². The molecule has 1 unspecified atom stereocenters. The molecule has 3 heterocycles. The summed E-state index contributed by atoms with van der Waals surface area (Å²) < 4.78 is 17.0. The summed E-state index contributed by atoms with van der Waals surface area (Å²) in [5, 5.41) is 23.9. The van der Waals surface area contributed by atoms with Gasteiger partial charge in [-0.15, -0.1) is 0 Å². The SMILES string of the molecule is NC(=O)CC[C@@H]1NC(=O)/C=C\C(=O)NNCCCCC(C(=O)COCCOCCOCCCNC(=O)CCCC[C@@H]2SC[C@@H]3NC(=O)N[C@@H]32)NCCCCNC(=O)[C@@H](Cc2ccc(C(=O)c3ccccc3)cc2)NC(=O)[C@H](CC2CCCCC2)NC1=O. The number of carbonyl (C=O) groups is 10. The number of amides is 9. The highest BCUT2D eigenvalue weighted by atomic mass is 32.2. The second-order valence-electron chi connectivity index (χ2n) is 22.6. The highest BCUT2D eigenvalue weighted by Gasteiger charge is 2.42. The molecule has 3 aliphatic heterocycles. The van der Waals surface area contributed by atoms with Gasteiger partial charge in [-0.2, -0.15) is 11.8 Å². The predicted molar refractivity (Wildman–Crippen MR) is 328 cm³/mol. The Balaban J connectivity index is 0.983. The summed E-state index contributed by atoms with van der Waals surface area (Å²) in [7, 11) is 0. The molecule has 1 aliphatic carbocycles. The summed E-state index contributed by atoms with van der Waals surface area (Å²) in [4.78, 5) is 131. The maximum atomic E-state index is 14.5. The first-order valence-electron chi connectivity index (χ1n) is 31.0. The molecule has 3 fully saturated rings. The fourth-order valence-corrected chi connectivity index (χ4v) is 12.5. The van der Waals surface area contributed by atoms with Gasteiger partial charge < -0.3 is 62.5 Å². The van der Waals surface area contributed by atoms with Crippen LogP contribution in [0.25, 0.3) is 0 Å². The molecule has 0 aromatic heterocycles. The van der Waals surface area contributed by atoms with Crippen molar-refractivity contribution < 1.29 is 62.2 Å². The average molecular weight is 1230 g/mol. The van der Waals surface area contributed by atoms with Crippen LogP contribution in [0.1, 0.15) is 137 Å². The normalized spacial score (nSPS) is 23.7. The van der Waals surface area contributed by atoms with Gasteiger partial charge in [-0.25, -0.2) is 10.2 Å². The van der Waals surface area contributed by atoms with Crippen molar-refractivity contribution in [2.45, 2.75) is 163 Å². The van der Waals surface area contributed by atoms with Gasteiger partial charge in [-0.1, -0.05) is 99.5 Å². The minimum Gasteiger partial charge on any atom is -0.379 e. The number of Topliss-reactive ketones (excluding diaryl/α,β-unsaturated/α-hetero) is 1. The van der Waals surface area contributed by atoms with E-state index in [0.29, 0.717) is 106 Å². The second kappa shape index (κ2) is 39.2. The van der Waals surface area contributed by atoms with Crippen LogP contribution >= 0.6 is 11.8 Å². The van der Waals surface area contributed by atoms with Crippen LogP contribution in [0.2, 0.25) is 0 Å². The predicted octanol–water partition coefficient (Wildman–Crippen LogP) is 2.22. The lowest BCUT2D eigenvalue weighted by Gasteiger charge is -2.29. The Morgan fingerprint density at radius 1 is 0.609 bits per heavy atom. The van der Waals surface area contributed by atoms with Crippen LogP contribution in [0.4, 0.5) is 4.79 Å².